The molecule has 7 nitrogen and oxygen atoms in total. The molecule has 0 unspecified atom stereocenters. The van der Waals surface area contributed by atoms with Crippen LogP contribution in [0.1, 0.15) is 49.8 Å². The van der Waals surface area contributed by atoms with Crippen LogP contribution in [0.4, 0.5) is 10.1 Å². The van der Waals surface area contributed by atoms with Crippen LogP contribution >= 0.6 is 11.6 Å². The number of sulfonamides is 1. The highest BCUT2D eigenvalue weighted by atomic mass is 35.5. The highest BCUT2D eigenvalue weighted by molar-refractivity contribution is 7.92. The molecule has 0 heterocycles. The fourth-order valence-corrected chi connectivity index (χ4v) is 5.90. The number of anilines is 1. The molecule has 0 aliphatic heterocycles. The monoisotopic (exact) mass is 601 g/mol. The average Bonchev–Trinajstić information content (AvgIpc) is 2.94. The molecule has 0 aliphatic carbocycles. The summed E-state index contributed by atoms with van der Waals surface area (Å²) in [6.07, 6.45) is 1.97. The van der Waals surface area contributed by atoms with E-state index in [2.05, 4.69) is 5.32 Å². The lowest BCUT2D eigenvalue weighted by molar-refractivity contribution is -0.140. The van der Waals surface area contributed by atoms with E-state index >= 15 is 0 Å². The van der Waals surface area contributed by atoms with Crippen molar-refractivity contribution in [1.82, 2.24) is 10.2 Å². The average molecular weight is 602 g/mol. The van der Waals surface area contributed by atoms with Crippen molar-refractivity contribution in [2.75, 3.05) is 17.4 Å². The SMILES string of the molecule is CCCCNC(=O)[C@@H](CC)N(Cc1ccc(F)cc1)C(=O)CN(c1ccc(C)c(Cl)c1)S(=O)(=O)c1ccc(C)cc1. The van der Waals surface area contributed by atoms with E-state index in [0.717, 1.165) is 28.3 Å². The second-order valence-corrected chi connectivity index (χ2v) is 12.2. The van der Waals surface area contributed by atoms with Gasteiger partial charge in [0.25, 0.3) is 10.0 Å². The molecule has 1 atom stereocenters. The first-order valence-corrected chi connectivity index (χ1v) is 15.5. The number of aryl methyl sites for hydroxylation is 2. The number of hydrogen-bond acceptors (Lipinski definition) is 4. The zero-order valence-electron chi connectivity index (χ0n) is 23.9. The van der Waals surface area contributed by atoms with Gasteiger partial charge in [-0.25, -0.2) is 12.8 Å². The minimum absolute atomic E-state index is 0.00804. The van der Waals surface area contributed by atoms with Crippen molar-refractivity contribution in [3.8, 4) is 0 Å². The minimum atomic E-state index is -4.20. The molecule has 0 spiro atoms. The maximum Gasteiger partial charge on any atom is 0.264 e. The molecule has 0 radical (unpaired) electrons. The zero-order chi connectivity index (χ0) is 30.2. The van der Waals surface area contributed by atoms with Crippen molar-refractivity contribution in [2.24, 2.45) is 0 Å². The van der Waals surface area contributed by atoms with E-state index in [0.29, 0.717) is 23.6 Å². The van der Waals surface area contributed by atoms with Gasteiger partial charge in [-0.3, -0.25) is 13.9 Å². The third-order valence-electron chi connectivity index (χ3n) is 6.81. The Kier molecular flexibility index (Phi) is 11.3. The van der Waals surface area contributed by atoms with Gasteiger partial charge in [0.1, 0.15) is 18.4 Å². The third kappa shape index (κ3) is 8.30. The predicted octanol–water partition coefficient (Wildman–Crippen LogP) is 6.01. The van der Waals surface area contributed by atoms with Crippen molar-refractivity contribution >= 4 is 39.1 Å². The van der Waals surface area contributed by atoms with E-state index in [9.17, 15) is 22.4 Å². The maximum atomic E-state index is 14.0. The highest BCUT2D eigenvalue weighted by Gasteiger charge is 2.33. The summed E-state index contributed by atoms with van der Waals surface area (Å²) >= 11 is 6.37. The van der Waals surface area contributed by atoms with Gasteiger partial charge in [-0.2, -0.15) is 0 Å². The number of halogens is 2. The Balaban J connectivity index is 2.05. The van der Waals surface area contributed by atoms with Crippen LogP contribution in [0.25, 0.3) is 0 Å². The van der Waals surface area contributed by atoms with E-state index in [-0.39, 0.29) is 23.0 Å². The van der Waals surface area contributed by atoms with E-state index < -0.39 is 34.3 Å². The summed E-state index contributed by atoms with van der Waals surface area (Å²) in [6.45, 7) is 7.32. The molecule has 1 N–H and O–H groups in total. The molecule has 0 bridgehead atoms. The molecule has 2 amide bonds. The van der Waals surface area contributed by atoms with E-state index in [1.165, 1.54) is 47.4 Å². The smallest absolute Gasteiger partial charge is 0.264 e. The number of carbonyl (C=O) groups is 2. The molecule has 3 aromatic rings. The lowest BCUT2D eigenvalue weighted by Gasteiger charge is -2.33. The van der Waals surface area contributed by atoms with Gasteiger partial charge in [0.2, 0.25) is 11.8 Å². The Morgan fingerprint density at radius 3 is 2.22 bits per heavy atom. The van der Waals surface area contributed by atoms with Gasteiger partial charge in [0, 0.05) is 18.1 Å². The van der Waals surface area contributed by atoms with Crippen LogP contribution in [0, 0.1) is 19.7 Å². The summed E-state index contributed by atoms with van der Waals surface area (Å²) in [5, 5.41) is 3.23. The summed E-state index contributed by atoms with van der Waals surface area (Å²) in [4.78, 5) is 28.6. The van der Waals surface area contributed by atoms with Gasteiger partial charge < -0.3 is 10.2 Å². The summed E-state index contributed by atoms with van der Waals surface area (Å²) in [6, 6.07) is 15.9. The summed E-state index contributed by atoms with van der Waals surface area (Å²) in [7, 11) is -4.20. The molecule has 0 aliphatic rings. The highest BCUT2D eigenvalue weighted by Crippen LogP contribution is 2.29. The lowest BCUT2D eigenvalue weighted by Crippen LogP contribution is -2.52. The minimum Gasteiger partial charge on any atom is -0.354 e. The van der Waals surface area contributed by atoms with Crippen LogP contribution in [0.15, 0.2) is 71.6 Å². The maximum absolute atomic E-state index is 14.0. The van der Waals surface area contributed by atoms with Gasteiger partial charge in [-0.1, -0.05) is 67.8 Å². The van der Waals surface area contributed by atoms with E-state index in [4.69, 9.17) is 11.6 Å². The van der Waals surface area contributed by atoms with Crippen molar-refractivity contribution in [3.05, 3.63) is 94.3 Å². The van der Waals surface area contributed by atoms with Crippen molar-refractivity contribution < 1.29 is 22.4 Å². The van der Waals surface area contributed by atoms with Gasteiger partial charge in [0.15, 0.2) is 0 Å². The fraction of sp³-hybridized carbons (Fsp3) is 0.355. The van der Waals surface area contributed by atoms with Crippen molar-refractivity contribution in [3.63, 3.8) is 0 Å². The molecule has 0 saturated heterocycles. The molecule has 0 aromatic heterocycles. The molecule has 0 fully saturated rings. The van der Waals surface area contributed by atoms with Crippen LogP contribution in [0.5, 0.6) is 0 Å². The third-order valence-corrected chi connectivity index (χ3v) is 9.01. The Labute approximate surface area is 247 Å². The quantitative estimate of drug-likeness (QED) is 0.243. The van der Waals surface area contributed by atoms with Crippen LogP contribution in [0.3, 0.4) is 0 Å². The molecule has 220 valence electrons. The van der Waals surface area contributed by atoms with Crippen LogP contribution in [-0.4, -0.2) is 44.3 Å². The normalized spacial score (nSPS) is 12.0. The number of nitrogens with zero attached hydrogens (tertiary/aromatic N) is 2. The van der Waals surface area contributed by atoms with E-state index in [1.807, 2.05) is 13.8 Å². The number of nitrogens with one attached hydrogen (secondary N) is 1. The number of unbranched alkanes of at least 4 members (excludes halogenated alkanes) is 1. The zero-order valence-corrected chi connectivity index (χ0v) is 25.4. The van der Waals surface area contributed by atoms with Gasteiger partial charge >= 0.3 is 0 Å². The number of hydrogen-bond donors (Lipinski definition) is 1. The number of amides is 2. The van der Waals surface area contributed by atoms with Gasteiger partial charge in [-0.05, 0) is 74.2 Å². The fourth-order valence-electron chi connectivity index (χ4n) is 4.32. The topological polar surface area (TPSA) is 86.8 Å². The first kappa shape index (κ1) is 32.1. The first-order valence-electron chi connectivity index (χ1n) is 13.6. The number of carbonyl (C=O) groups excluding carboxylic acids is 2. The summed E-state index contributed by atoms with van der Waals surface area (Å²) in [5.74, 6) is -1.34. The van der Waals surface area contributed by atoms with E-state index in [1.54, 1.807) is 38.1 Å². The van der Waals surface area contributed by atoms with Crippen molar-refractivity contribution in [2.45, 2.75) is 64.4 Å². The molecule has 0 saturated carbocycles. The first-order chi connectivity index (χ1) is 19.5. The van der Waals surface area contributed by atoms with Crippen LogP contribution < -0.4 is 9.62 Å². The molecular formula is C31H37ClFN3O4S. The Bertz CT molecular complexity index is 1450. The number of rotatable bonds is 13. The standard InChI is InChI=1S/C31H37ClFN3O4S/c1-5-7-18-34-31(38)29(6-2)35(20-24-11-13-25(33)14-12-24)30(37)21-36(26-15-10-23(4)28(32)19-26)41(39,40)27-16-8-22(3)9-17-27/h8-17,19,29H,5-7,18,20-21H2,1-4H3,(H,34,38)/t29-/m1/s1. The second-order valence-electron chi connectivity index (χ2n) is 9.97. The Morgan fingerprint density at radius 1 is 0.976 bits per heavy atom. The van der Waals surface area contributed by atoms with Crippen LogP contribution in [0.2, 0.25) is 5.02 Å². The largest absolute Gasteiger partial charge is 0.354 e. The lowest BCUT2D eigenvalue weighted by atomic mass is 10.1. The molecular weight excluding hydrogens is 565 g/mol. The Hall–Kier alpha value is -3.43. The molecule has 3 aromatic carbocycles. The Morgan fingerprint density at radius 2 is 1.63 bits per heavy atom. The second kappa shape index (κ2) is 14.5. The predicted molar refractivity (Wildman–Crippen MR) is 161 cm³/mol. The summed E-state index contributed by atoms with van der Waals surface area (Å²) in [5.41, 5.74) is 2.46. The molecule has 3 rings (SSSR count). The van der Waals surface area contributed by atoms with Crippen molar-refractivity contribution in [1.29, 1.82) is 0 Å². The molecule has 41 heavy (non-hydrogen) atoms. The molecule has 10 heteroatoms. The van der Waals surface area contributed by atoms with Gasteiger partial charge in [-0.15, -0.1) is 0 Å². The van der Waals surface area contributed by atoms with Gasteiger partial charge in [0.05, 0.1) is 10.6 Å². The number of benzene rings is 3. The van der Waals surface area contributed by atoms with Crippen LogP contribution in [-0.2, 0) is 26.2 Å². The summed E-state index contributed by atoms with van der Waals surface area (Å²) < 4.78 is 42.5.